The van der Waals surface area contributed by atoms with Gasteiger partial charge in [0.15, 0.2) is 0 Å². The molecular formula is C17H22N2O3S2. The van der Waals surface area contributed by atoms with E-state index in [-0.39, 0.29) is 6.04 Å². The second-order valence-electron chi connectivity index (χ2n) is 5.82. The fourth-order valence-electron chi connectivity index (χ4n) is 3.01. The summed E-state index contributed by atoms with van der Waals surface area (Å²) in [7, 11) is -1.80. The lowest BCUT2D eigenvalue weighted by molar-refractivity contribution is 0.246. The fourth-order valence-corrected chi connectivity index (χ4v) is 5.09. The average Bonchev–Trinajstić information content (AvgIpc) is 3.29. The number of nitrogens with zero attached hydrogens (tertiary/aromatic N) is 1. The van der Waals surface area contributed by atoms with Gasteiger partial charge in [-0.2, -0.15) is 0 Å². The van der Waals surface area contributed by atoms with E-state index >= 15 is 0 Å². The predicted molar refractivity (Wildman–Crippen MR) is 96.0 cm³/mol. The molecule has 1 saturated heterocycles. The zero-order valence-electron chi connectivity index (χ0n) is 13.6. The van der Waals surface area contributed by atoms with Gasteiger partial charge in [-0.25, -0.2) is 13.1 Å². The van der Waals surface area contributed by atoms with Gasteiger partial charge in [-0.1, -0.05) is 18.2 Å². The van der Waals surface area contributed by atoms with Crippen LogP contribution in [0.1, 0.15) is 24.4 Å². The smallest absolute Gasteiger partial charge is 0.250 e. The lowest BCUT2D eigenvalue weighted by atomic mass is 10.1. The minimum atomic E-state index is -3.45. The van der Waals surface area contributed by atoms with Gasteiger partial charge < -0.3 is 4.74 Å². The first kappa shape index (κ1) is 17.4. The van der Waals surface area contributed by atoms with E-state index < -0.39 is 10.0 Å². The standard InChI is InChI=1S/C17H22N2O3S2/c1-22-15-8-6-14(7-9-15)16(19-10-2-3-11-19)13-18-24(20,21)17-5-4-12-23-17/h4-9,12,16,18H,2-3,10-11,13H2,1H3/t16-/m1/s1. The zero-order valence-corrected chi connectivity index (χ0v) is 15.3. The summed E-state index contributed by atoms with van der Waals surface area (Å²) in [6.45, 7) is 2.36. The molecule has 1 aliphatic heterocycles. The van der Waals surface area contributed by atoms with Crippen LogP contribution in [0.2, 0.25) is 0 Å². The average molecular weight is 367 g/mol. The third-order valence-electron chi connectivity index (χ3n) is 4.31. The molecular weight excluding hydrogens is 344 g/mol. The monoisotopic (exact) mass is 366 g/mol. The first-order valence-electron chi connectivity index (χ1n) is 8.01. The van der Waals surface area contributed by atoms with Crippen molar-refractivity contribution in [2.45, 2.75) is 23.1 Å². The van der Waals surface area contributed by atoms with Gasteiger partial charge in [0.1, 0.15) is 9.96 Å². The van der Waals surface area contributed by atoms with Gasteiger partial charge in [0.2, 0.25) is 10.0 Å². The quantitative estimate of drug-likeness (QED) is 0.819. The van der Waals surface area contributed by atoms with Gasteiger partial charge in [-0.05, 0) is 55.1 Å². The van der Waals surface area contributed by atoms with Crippen molar-refractivity contribution in [2.75, 3.05) is 26.7 Å². The Balaban J connectivity index is 1.77. The summed E-state index contributed by atoms with van der Waals surface area (Å²) in [6, 6.07) is 11.3. The normalized spacial score (nSPS) is 17.0. The van der Waals surface area contributed by atoms with E-state index in [2.05, 4.69) is 9.62 Å². The predicted octanol–water partition coefficient (Wildman–Crippen LogP) is 2.87. The maximum absolute atomic E-state index is 12.4. The highest BCUT2D eigenvalue weighted by Gasteiger charge is 2.26. The summed E-state index contributed by atoms with van der Waals surface area (Å²) in [4.78, 5) is 2.35. The number of likely N-dealkylation sites (tertiary alicyclic amines) is 1. The van der Waals surface area contributed by atoms with Gasteiger partial charge in [0, 0.05) is 12.6 Å². The summed E-state index contributed by atoms with van der Waals surface area (Å²) in [5, 5.41) is 1.77. The lowest BCUT2D eigenvalue weighted by Gasteiger charge is -2.28. The number of thiophene rings is 1. The van der Waals surface area contributed by atoms with Crippen LogP contribution in [0.4, 0.5) is 0 Å². The molecule has 7 heteroatoms. The van der Waals surface area contributed by atoms with Gasteiger partial charge in [-0.3, -0.25) is 4.90 Å². The Hall–Kier alpha value is -1.41. The van der Waals surface area contributed by atoms with E-state index in [9.17, 15) is 8.42 Å². The largest absolute Gasteiger partial charge is 0.497 e. The van der Waals surface area contributed by atoms with Crippen LogP contribution in [0.3, 0.4) is 0 Å². The van der Waals surface area contributed by atoms with Crippen molar-refractivity contribution in [1.29, 1.82) is 0 Å². The fraction of sp³-hybridized carbons (Fsp3) is 0.412. The molecule has 1 aromatic carbocycles. The molecule has 0 amide bonds. The Morgan fingerprint density at radius 1 is 1.21 bits per heavy atom. The highest BCUT2D eigenvalue weighted by atomic mass is 32.2. The molecule has 0 radical (unpaired) electrons. The number of benzene rings is 1. The number of methoxy groups -OCH3 is 1. The van der Waals surface area contributed by atoms with Gasteiger partial charge in [0.25, 0.3) is 0 Å². The molecule has 24 heavy (non-hydrogen) atoms. The molecule has 130 valence electrons. The lowest BCUT2D eigenvalue weighted by Crippen LogP contribution is -2.36. The molecule has 0 bridgehead atoms. The molecule has 2 aromatic rings. The molecule has 2 heterocycles. The van der Waals surface area contributed by atoms with Crippen molar-refractivity contribution in [1.82, 2.24) is 9.62 Å². The third-order valence-corrected chi connectivity index (χ3v) is 7.13. The van der Waals surface area contributed by atoms with E-state index in [0.29, 0.717) is 10.8 Å². The molecule has 1 atom stereocenters. The molecule has 1 aliphatic rings. The third kappa shape index (κ3) is 3.97. The van der Waals surface area contributed by atoms with Crippen LogP contribution in [0.5, 0.6) is 5.75 Å². The van der Waals surface area contributed by atoms with Crippen molar-refractivity contribution < 1.29 is 13.2 Å². The second kappa shape index (κ2) is 7.65. The zero-order chi connectivity index (χ0) is 17.0. The Labute approximate surface area is 147 Å². The molecule has 1 fully saturated rings. The van der Waals surface area contributed by atoms with Crippen molar-refractivity contribution in [3.8, 4) is 5.75 Å². The number of sulfonamides is 1. The number of hydrogen-bond donors (Lipinski definition) is 1. The molecule has 5 nitrogen and oxygen atoms in total. The first-order chi connectivity index (χ1) is 11.6. The molecule has 1 aromatic heterocycles. The second-order valence-corrected chi connectivity index (χ2v) is 8.76. The Morgan fingerprint density at radius 2 is 1.92 bits per heavy atom. The highest BCUT2D eigenvalue weighted by Crippen LogP contribution is 2.27. The number of hydrogen-bond acceptors (Lipinski definition) is 5. The molecule has 0 saturated carbocycles. The Bertz CT molecular complexity index is 737. The molecule has 3 rings (SSSR count). The summed E-state index contributed by atoms with van der Waals surface area (Å²) in [5.41, 5.74) is 1.10. The summed E-state index contributed by atoms with van der Waals surface area (Å²) >= 11 is 1.23. The SMILES string of the molecule is COc1ccc([C@@H](CNS(=O)(=O)c2cccs2)N2CCCC2)cc1. The molecule has 0 spiro atoms. The van der Waals surface area contributed by atoms with Gasteiger partial charge >= 0.3 is 0 Å². The molecule has 1 N–H and O–H groups in total. The van der Waals surface area contributed by atoms with E-state index in [1.165, 1.54) is 11.3 Å². The molecule has 0 unspecified atom stereocenters. The highest BCUT2D eigenvalue weighted by molar-refractivity contribution is 7.91. The number of rotatable bonds is 7. The van der Waals surface area contributed by atoms with Crippen molar-refractivity contribution >= 4 is 21.4 Å². The maximum Gasteiger partial charge on any atom is 0.250 e. The van der Waals surface area contributed by atoms with Crippen LogP contribution < -0.4 is 9.46 Å². The van der Waals surface area contributed by atoms with E-state index in [4.69, 9.17) is 4.74 Å². The number of nitrogens with one attached hydrogen (secondary N) is 1. The Kier molecular flexibility index (Phi) is 5.55. The van der Waals surface area contributed by atoms with Crippen LogP contribution in [-0.4, -0.2) is 40.1 Å². The first-order valence-corrected chi connectivity index (χ1v) is 10.4. The van der Waals surface area contributed by atoms with Crippen molar-refractivity contribution in [3.05, 3.63) is 47.3 Å². The van der Waals surface area contributed by atoms with Crippen LogP contribution in [-0.2, 0) is 10.0 Å². The van der Waals surface area contributed by atoms with Crippen molar-refractivity contribution in [3.63, 3.8) is 0 Å². The van der Waals surface area contributed by atoms with Crippen LogP contribution in [0.25, 0.3) is 0 Å². The summed E-state index contributed by atoms with van der Waals surface area (Å²) in [5.74, 6) is 0.804. The summed E-state index contributed by atoms with van der Waals surface area (Å²) in [6.07, 6.45) is 2.31. The van der Waals surface area contributed by atoms with Gasteiger partial charge in [0.05, 0.1) is 7.11 Å². The van der Waals surface area contributed by atoms with Gasteiger partial charge in [-0.15, -0.1) is 11.3 Å². The van der Waals surface area contributed by atoms with Crippen LogP contribution >= 0.6 is 11.3 Å². The number of ether oxygens (including phenoxy) is 1. The van der Waals surface area contributed by atoms with Crippen molar-refractivity contribution in [2.24, 2.45) is 0 Å². The minimum absolute atomic E-state index is 0.0353. The van der Waals surface area contributed by atoms with Crippen LogP contribution in [0.15, 0.2) is 46.0 Å². The minimum Gasteiger partial charge on any atom is -0.497 e. The Morgan fingerprint density at radius 3 is 2.50 bits per heavy atom. The van der Waals surface area contributed by atoms with Crippen LogP contribution in [0, 0.1) is 0 Å². The van der Waals surface area contributed by atoms with E-state index in [1.807, 2.05) is 24.3 Å². The van der Waals surface area contributed by atoms with E-state index in [0.717, 1.165) is 37.2 Å². The van der Waals surface area contributed by atoms with E-state index in [1.54, 1.807) is 24.6 Å². The topological polar surface area (TPSA) is 58.6 Å². The molecule has 0 aliphatic carbocycles. The summed E-state index contributed by atoms with van der Waals surface area (Å²) < 4.78 is 33.2. The maximum atomic E-state index is 12.4.